The lowest BCUT2D eigenvalue weighted by atomic mass is 10.1. The summed E-state index contributed by atoms with van der Waals surface area (Å²) in [4.78, 5) is 0. The van der Waals surface area contributed by atoms with E-state index in [1.807, 2.05) is 12.1 Å². The van der Waals surface area contributed by atoms with Gasteiger partial charge < -0.3 is 9.47 Å². The molecule has 0 amide bonds. The van der Waals surface area contributed by atoms with Crippen molar-refractivity contribution in [3.8, 4) is 0 Å². The van der Waals surface area contributed by atoms with E-state index in [4.69, 9.17) is 21.1 Å². The Morgan fingerprint density at radius 3 is 2.42 bits per heavy atom. The molecule has 24 heavy (non-hydrogen) atoms. The third-order valence-electron chi connectivity index (χ3n) is 4.66. The van der Waals surface area contributed by atoms with Crippen molar-refractivity contribution in [1.82, 2.24) is 8.61 Å². The molecule has 2 aliphatic rings. The van der Waals surface area contributed by atoms with Gasteiger partial charge in [-0.05, 0) is 30.5 Å². The zero-order chi connectivity index (χ0) is 17.2. The normalized spacial score (nSPS) is 25.0. The predicted octanol–water partition coefficient (Wildman–Crippen LogP) is 2.07. The van der Waals surface area contributed by atoms with Crippen LogP contribution in [0.3, 0.4) is 0 Å². The van der Waals surface area contributed by atoms with Gasteiger partial charge in [0.25, 0.3) is 10.2 Å². The molecule has 0 N–H and O–H groups in total. The number of methoxy groups -OCH3 is 1. The van der Waals surface area contributed by atoms with Gasteiger partial charge in [0, 0.05) is 38.3 Å². The molecule has 8 heteroatoms. The lowest BCUT2D eigenvalue weighted by molar-refractivity contribution is -0.00553. The molecule has 0 unspecified atom stereocenters. The molecule has 2 saturated heterocycles. The Balaban J connectivity index is 1.68. The largest absolute Gasteiger partial charge is 0.381 e. The van der Waals surface area contributed by atoms with E-state index in [0.717, 1.165) is 18.4 Å². The van der Waals surface area contributed by atoms with Crippen molar-refractivity contribution in [3.05, 3.63) is 34.9 Å². The molecule has 2 aliphatic heterocycles. The topological polar surface area (TPSA) is 59.1 Å². The number of halogens is 1. The number of ether oxygens (including phenoxy) is 2. The maximum Gasteiger partial charge on any atom is 0.282 e. The standard InChI is InChI=1S/C16H23ClN2O4S/c1-22-15-6-8-18(9-7-15)24(20,21)19-10-11-23-16(12-19)13-2-4-14(17)5-3-13/h2-5,15-16H,6-12H2,1H3/t16-/m0/s1. The van der Waals surface area contributed by atoms with Gasteiger partial charge >= 0.3 is 0 Å². The summed E-state index contributed by atoms with van der Waals surface area (Å²) in [5, 5.41) is 0.653. The van der Waals surface area contributed by atoms with Crippen LogP contribution >= 0.6 is 11.6 Å². The number of morpholine rings is 1. The molecule has 0 spiro atoms. The van der Waals surface area contributed by atoms with Crippen LogP contribution in [0.2, 0.25) is 5.02 Å². The lowest BCUT2D eigenvalue weighted by Gasteiger charge is -2.38. The summed E-state index contributed by atoms with van der Waals surface area (Å²) in [7, 11) is -1.79. The Morgan fingerprint density at radius 2 is 1.79 bits per heavy atom. The SMILES string of the molecule is COC1CCN(S(=O)(=O)N2CCO[C@H](c3ccc(Cl)cc3)C2)CC1. The van der Waals surface area contributed by atoms with E-state index < -0.39 is 10.2 Å². The van der Waals surface area contributed by atoms with Crippen molar-refractivity contribution in [1.29, 1.82) is 0 Å². The van der Waals surface area contributed by atoms with Crippen LogP contribution in [0.25, 0.3) is 0 Å². The summed E-state index contributed by atoms with van der Waals surface area (Å²) in [6, 6.07) is 7.35. The van der Waals surface area contributed by atoms with Gasteiger partial charge in [-0.25, -0.2) is 0 Å². The second-order valence-corrected chi connectivity index (χ2v) is 8.48. The third kappa shape index (κ3) is 3.92. The Morgan fingerprint density at radius 1 is 1.12 bits per heavy atom. The van der Waals surface area contributed by atoms with Gasteiger partial charge in [-0.2, -0.15) is 17.0 Å². The van der Waals surface area contributed by atoms with E-state index in [-0.39, 0.29) is 12.2 Å². The Kier molecular flexibility index (Phi) is 5.79. The minimum atomic E-state index is -3.46. The monoisotopic (exact) mass is 374 g/mol. The van der Waals surface area contributed by atoms with Crippen molar-refractivity contribution in [2.45, 2.75) is 25.0 Å². The number of nitrogens with zero attached hydrogens (tertiary/aromatic N) is 2. The maximum atomic E-state index is 12.9. The Bertz CT molecular complexity index is 645. The first-order chi connectivity index (χ1) is 11.5. The fourth-order valence-electron chi connectivity index (χ4n) is 3.18. The highest BCUT2D eigenvalue weighted by Gasteiger charge is 2.36. The smallest absolute Gasteiger partial charge is 0.282 e. The van der Waals surface area contributed by atoms with Crippen molar-refractivity contribution in [2.24, 2.45) is 0 Å². The molecule has 1 aromatic carbocycles. The average molecular weight is 375 g/mol. The molecular formula is C16H23ClN2O4S. The number of hydrogen-bond acceptors (Lipinski definition) is 4. The van der Waals surface area contributed by atoms with Crippen LogP contribution in [-0.4, -0.2) is 63.0 Å². The minimum Gasteiger partial charge on any atom is -0.381 e. The van der Waals surface area contributed by atoms with Gasteiger partial charge in [0.05, 0.1) is 18.8 Å². The quantitative estimate of drug-likeness (QED) is 0.809. The molecule has 1 aromatic rings. The second kappa shape index (κ2) is 7.68. The maximum absolute atomic E-state index is 12.9. The predicted molar refractivity (Wildman–Crippen MR) is 92.2 cm³/mol. The van der Waals surface area contributed by atoms with Crippen LogP contribution in [0, 0.1) is 0 Å². The highest BCUT2D eigenvalue weighted by molar-refractivity contribution is 7.86. The summed E-state index contributed by atoms with van der Waals surface area (Å²) < 4.78 is 40.0. The highest BCUT2D eigenvalue weighted by Crippen LogP contribution is 2.27. The second-order valence-electron chi connectivity index (χ2n) is 6.11. The van der Waals surface area contributed by atoms with Gasteiger partial charge in [-0.3, -0.25) is 0 Å². The molecule has 2 heterocycles. The van der Waals surface area contributed by atoms with E-state index >= 15 is 0 Å². The van der Waals surface area contributed by atoms with E-state index in [9.17, 15) is 8.42 Å². The molecule has 1 atom stereocenters. The van der Waals surface area contributed by atoms with Crippen molar-refractivity contribution in [3.63, 3.8) is 0 Å². The number of benzene rings is 1. The molecule has 134 valence electrons. The molecular weight excluding hydrogens is 352 g/mol. The molecule has 0 saturated carbocycles. The van der Waals surface area contributed by atoms with Crippen molar-refractivity contribution < 1.29 is 17.9 Å². The first kappa shape index (κ1) is 18.1. The zero-order valence-electron chi connectivity index (χ0n) is 13.7. The van der Waals surface area contributed by atoms with Crippen LogP contribution < -0.4 is 0 Å². The summed E-state index contributed by atoms with van der Waals surface area (Å²) in [6.45, 7) is 2.11. The van der Waals surface area contributed by atoms with Crippen LogP contribution in [0.5, 0.6) is 0 Å². The molecule has 0 bridgehead atoms. The third-order valence-corrected chi connectivity index (χ3v) is 6.91. The molecule has 0 aromatic heterocycles. The Labute approximate surface area is 148 Å². The molecule has 0 radical (unpaired) electrons. The van der Waals surface area contributed by atoms with Crippen LogP contribution in [-0.2, 0) is 19.7 Å². The molecule has 3 rings (SSSR count). The van der Waals surface area contributed by atoms with Gasteiger partial charge in [0.1, 0.15) is 0 Å². The number of hydrogen-bond donors (Lipinski definition) is 0. The van der Waals surface area contributed by atoms with Crippen molar-refractivity contribution in [2.75, 3.05) is 39.9 Å². The van der Waals surface area contributed by atoms with Crippen LogP contribution in [0.4, 0.5) is 0 Å². The fourth-order valence-corrected chi connectivity index (χ4v) is 4.93. The van der Waals surface area contributed by atoms with Gasteiger partial charge in [-0.15, -0.1) is 0 Å². The highest BCUT2D eigenvalue weighted by atomic mass is 35.5. The molecule has 0 aliphatic carbocycles. The molecule has 6 nitrogen and oxygen atoms in total. The minimum absolute atomic E-state index is 0.156. The molecule has 2 fully saturated rings. The first-order valence-corrected chi connectivity index (χ1v) is 9.93. The summed E-state index contributed by atoms with van der Waals surface area (Å²) in [5.41, 5.74) is 0.942. The van der Waals surface area contributed by atoms with Crippen LogP contribution in [0.15, 0.2) is 24.3 Å². The van der Waals surface area contributed by atoms with E-state index in [0.29, 0.717) is 37.8 Å². The average Bonchev–Trinajstić information content (AvgIpc) is 2.62. The summed E-state index contributed by atoms with van der Waals surface area (Å²) in [6.07, 6.45) is 1.37. The van der Waals surface area contributed by atoms with Crippen molar-refractivity contribution >= 4 is 21.8 Å². The zero-order valence-corrected chi connectivity index (χ0v) is 15.3. The van der Waals surface area contributed by atoms with Gasteiger partial charge in [0.15, 0.2) is 0 Å². The lowest BCUT2D eigenvalue weighted by Crippen LogP contribution is -2.51. The summed E-state index contributed by atoms with van der Waals surface area (Å²) >= 11 is 5.91. The van der Waals surface area contributed by atoms with Crippen LogP contribution in [0.1, 0.15) is 24.5 Å². The van der Waals surface area contributed by atoms with Gasteiger partial charge in [-0.1, -0.05) is 23.7 Å². The van der Waals surface area contributed by atoms with Gasteiger partial charge in [0.2, 0.25) is 0 Å². The van der Waals surface area contributed by atoms with E-state index in [1.54, 1.807) is 23.5 Å². The number of piperidine rings is 1. The Hall–Kier alpha value is -0.700. The first-order valence-electron chi connectivity index (χ1n) is 8.16. The van der Waals surface area contributed by atoms with E-state index in [1.165, 1.54) is 4.31 Å². The number of rotatable bonds is 4. The van der Waals surface area contributed by atoms with E-state index in [2.05, 4.69) is 0 Å². The summed E-state index contributed by atoms with van der Waals surface area (Å²) in [5.74, 6) is 0. The fraction of sp³-hybridized carbons (Fsp3) is 0.625.